The fourth-order valence-electron chi connectivity index (χ4n) is 13.5. The number of hydrogen-bond acceptors (Lipinski definition) is 9. The van der Waals surface area contributed by atoms with Crippen molar-refractivity contribution in [1.82, 2.24) is 49.4 Å². The van der Waals surface area contributed by atoms with Crippen molar-refractivity contribution in [2.75, 3.05) is 0 Å². The van der Waals surface area contributed by atoms with Gasteiger partial charge in [0.05, 0.1) is 11.0 Å². The normalized spacial score (nSPS) is 11.5. The second-order valence-corrected chi connectivity index (χ2v) is 27.9. The first-order chi connectivity index (χ1) is 48.6. The molecule has 98 heavy (non-hydrogen) atoms. The predicted octanol–water partition coefficient (Wildman–Crippen LogP) is 17.4. The number of hydrogen-bond donors (Lipinski definition) is 0. The molecule has 0 saturated carbocycles. The zero-order chi connectivity index (χ0) is 65.2. The van der Waals surface area contributed by atoms with Crippen molar-refractivity contribution in [3.8, 4) is 119 Å². The van der Waals surface area contributed by atoms with Crippen LogP contribution in [0.5, 0.6) is 0 Å². The first-order valence-electron chi connectivity index (χ1n) is 32.7. The molecule has 0 radical (unpaired) electrons. The number of benzene rings is 13. The molecule has 0 unspecified atom stereocenters. The van der Waals surface area contributed by atoms with E-state index in [0.717, 1.165) is 88.7 Å². The molecule has 11 heteroatoms. The standard InChI is InChI=1S/C87H58N10Si/c1-10-29-59(30-11-1)79-88-80(60-31-12-2-13-32-60)92-85(91-79)66-49-52-73-74-53-50-67(86-93-81(61-33-14-3-15-34-61)89-82(94-86)62-35-16-4-17-36-62)57-78(74)97(77(73)56-66)68-51-54-75(87-95-83(63-37-18-5-19-38-63)90-84(96-87)64-39-20-6-21-40-64)76(58-68)65-41-28-48-72(55-65)98(69-42-22-7-23-43-69,70-44-24-8-25-45-70)71-46-26-9-27-47-71/h1-58H. The van der Waals surface area contributed by atoms with E-state index in [1.807, 2.05) is 158 Å². The van der Waals surface area contributed by atoms with Gasteiger partial charge in [-0.2, -0.15) is 0 Å². The lowest BCUT2D eigenvalue weighted by Gasteiger charge is -2.34. The topological polar surface area (TPSA) is 121 Å². The molecule has 0 aliphatic heterocycles. The maximum Gasteiger partial charge on any atom is 0.179 e. The van der Waals surface area contributed by atoms with Gasteiger partial charge in [0.1, 0.15) is 0 Å². The molecule has 0 saturated heterocycles. The van der Waals surface area contributed by atoms with Crippen molar-refractivity contribution in [3.05, 3.63) is 352 Å². The molecule has 4 heterocycles. The molecule has 17 rings (SSSR count). The van der Waals surface area contributed by atoms with E-state index < -0.39 is 8.07 Å². The molecule has 0 aliphatic rings. The van der Waals surface area contributed by atoms with Crippen LogP contribution in [0.2, 0.25) is 0 Å². The highest BCUT2D eigenvalue weighted by molar-refractivity contribution is 7.20. The zero-order valence-electron chi connectivity index (χ0n) is 53.0. The fraction of sp³-hybridized carbons (Fsp3) is 0. The molecule has 13 aromatic carbocycles. The van der Waals surface area contributed by atoms with Crippen molar-refractivity contribution in [3.63, 3.8) is 0 Å². The van der Waals surface area contributed by atoms with Crippen LogP contribution >= 0.6 is 0 Å². The highest BCUT2D eigenvalue weighted by Crippen LogP contribution is 2.41. The summed E-state index contributed by atoms with van der Waals surface area (Å²) < 4.78 is 2.36. The van der Waals surface area contributed by atoms with Gasteiger partial charge in [-0.25, -0.2) is 44.9 Å². The molecular formula is C87H58N10Si. The quantitative estimate of drug-likeness (QED) is 0.0730. The van der Waals surface area contributed by atoms with Gasteiger partial charge in [-0.1, -0.05) is 322 Å². The van der Waals surface area contributed by atoms with Crippen LogP contribution in [0.15, 0.2) is 352 Å². The molecule has 17 aromatic rings. The summed E-state index contributed by atoms with van der Waals surface area (Å²) in [6, 6.07) is 123. The van der Waals surface area contributed by atoms with Crippen molar-refractivity contribution in [2.45, 2.75) is 0 Å². The summed E-state index contributed by atoms with van der Waals surface area (Å²) in [7, 11) is -3.07. The van der Waals surface area contributed by atoms with Crippen molar-refractivity contribution in [2.24, 2.45) is 0 Å². The Kier molecular flexibility index (Phi) is 15.4. The van der Waals surface area contributed by atoms with Gasteiger partial charge in [0, 0.05) is 66.5 Å². The lowest BCUT2D eigenvalue weighted by Crippen LogP contribution is -2.74. The van der Waals surface area contributed by atoms with Crippen LogP contribution in [0.3, 0.4) is 0 Å². The Bertz CT molecular complexity index is 5260. The van der Waals surface area contributed by atoms with E-state index >= 15 is 0 Å². The first-order valence-corrected chi connectivity index (χ1v) is 34.7. The van der Waals surface area contributed by atoms with Crippen LogP contribution in [0.1, 0.15) is 0 Å². The van der Waals surface area contributed by atoms with E-state index in [1.54, 1.807) is 0 Å². The Morgan fingerprint density at radius 1 is 0.184 bits per heavy atom. The third-order valence-electron chi connectivity index (χ3n) is 18.1. The molecule has 0 atom stereocenters. The van der Waals surface area contributed by atoms with E-state index in [-0.39, 0.29) is 0 Å². The second-order valence-electron chi connectivity index (χ2n) is 24.1. The molecule has 0 amide bonds. The molecule has 0 aliphatic carbocycles. The van der Waals surface area contributed by atoms with Crippen molar-refractivity contribution in [1.29, 1.82) is 0 Å². The number of nitrogens with zero attached hydrogens (tertiary/aromatic N) is 10. The van der Waals surface area contributed by atoms with Crippen LogP contribution in [0, 0.1) is 0 Å². The van der Waals surface area contributed by atoms with E-state index in [2.05, 4.69) is 199 Å². The van der Waals surface area contributed by atoms with E-state index in [4.69, 9.17) is 44.9 Å². The second kappa shape index (κ2) is 25.7. The van der Waals surface area contributed by atoms with Gasteiger partial charge in [0.2, 0.25) is 0 Å². The van der Waals surface area contributed by atoms with Crippen LogP contribution in [0.25, 0.3) is 141 Å². The Morgan fingerprint density at radius 2 is 0.459 bits per heavy atom. The van der Waals surface area contributed by atoms with Gasteiger partial charge in [-0.15, -0.1) is 0 Å². The molecular weight excluding hydrogens is 1210 g/mol. The predicted molar refractivity (Wildman–Crippen MR) is 399 cm³/mol. The minimum atomic E-state index is -3.07. The Labute approximate surface area is 567 Å². The van der Waals surface area contributed by atoms with Crippen LogP contribution in [0.4, 0.5) is 0 Å². The third kappa shape index (κ3) is 11.1. The van der Waals surface area contributed by atoms with Crippen LogP contribution in [-0.4, -0.2) is 57.5 Å². The van der Waals surface area contributed by atoms with Gasteiger partial charge >= 0.3 is 0 Å². The summed E-state index contributed by atoms with van der Waals surface area (Å²) in [5.74, 6) is 5.05. The summed E-state index contributed by atoms with van der Waals surface area (Å²) >= 11 is 0. The van der Waals surface area contributed by atoms with Gasteiger partial charge in [0.25, 0.3) is 0 Å². The Hall–Kier alpha value is -13.1. The molecule has 0 spiro atoms. The highest BCUT2D eigenvalue weighted by Gasteiger charge is 2.41. The van der Waals surface area contributed by atoms with Crippen molar-refractivity contribution >= 4 is 50.6 Å². The largest absolute Gasteiger partial charge is 0.309 e. The van der Waals surface area contributed by atoms with E-state index in [0.29, 0.717) is 52.4 Å². The molecule has 4 aromatic heterocycles. The number of fused-ring (bicyclic) bond motifs is 3. The average molecular weight is 1270 g/mol. The Morgan fingerprint density at radius 3 is 0.786 bits per heavy atom. The minimum Gasteiger partial charge on any atom is -0.309 e. The summed E-state index contributed by atoms with van der Waals surface area (Å²) in [5.41, 5.74) is 12.4. The zero-order valence-corrected chi connectivity index (χ0v) is 54.0. The summed E-state index contributed by atoms with van der Waals surface area (Å²) in [4.78, 5) is 47.3. The highest BCUT2D eigenvalue weighted by atomic mass is 28.3. The number of rotatable bonds is 15. The van der Waals surface area contributed by atoms with Gasteiger partial charge < -0.3 is 4.57 Å². The lowest BCUT2D eigenvalue weighted by atomic mass is 9.98. The summed E-state index contributed by atoms with van der Waals surface area (Å²) in [6.45, 7) is 0. The summed E-state index contributed by atoms with van der Waals surface area (Å²) in [6.07, 6.45) is 0. The van der Waals surface area contributed by atoms with Crippen LogP contribution < -0.4 is 20.7 Å². The average Bonchev–Trinajstić information content (AvgIpc) is 1.26. The molecule has 0 bridgehead atoms. The molecule has 0 N–H and O–H groups in total. The lowest BCUT2D eigenvalue weighted by molar-refractivity contribution is 1.07. The first kappa shape index (κ1) is 58.7. The number of aromatic nitrogens is 10. The van der Waals surface area contributed by atoms with Crippen LogP contribution in [-0.2, 0) is 0 Å². The maximum absolute atomic E-state index is 5.44. The minimum absolute atomic E-state index is 0.533. The smallest absolute Gasteiger partial charge is 0.179 e. The Balaban J connectivity index is 0.950. The van der Waals surface area contributed by atoms with E-state index in [9.17, 15) is 0 Å². The summed E-state index contributed by atoms with van der Waals surface area (Å²) in [5, 5.41) is 7.08. The molecule has 0 fully saturated rings. The molecule has 460 valence electrons. The van der Waals surface area contributed by atoms with Gasteiger partial charge in [-0.3, -0.25) is 0 Å². The SMILES string of the molecule is c1ccc(-c2nc(-c3ccccc3)nc(-c3ccc4c5ccc(-c6nc(-c7ccccc7)nc(-c7ccccc7)n6)cc5n(-c5ccc(-c6nc(-c7ccccc7)nc(-c7ccccc7)n6)c(-c6cccc([Si](c7ccccc7)(c7ccccc7)c7ccccc7)c6)c5)c4c3)n2)cc1. The molecule has 10 nitrogen and oxygen atoms in total. The van der Waals surface area contributed by atoms with Gasteiger partial charge in [-0.05, 0) is 62.2 Å². The third-order valence-corrected chi connectivity index (χ3v) is 22.9. The van der Waals surface area contributed by atoms with E-state index in [1.165, 1.54) is 20.7 Å². The van der Waals surface area contributed by atoms with Gasteiger partial charge in [0.15, 0.2) is 60.5 Å². The fourth-order valence-corrected chi connectivity index (χ4v) is 18.3. The van der Waals surface area contributed by atoms with Crippen molar-refractivity contribution < 1.29 is 0 Å². The maximum atomic E-state index is 5.44. The monoisotopic (exact) mass is 1270 g/mol.